The van der Waals surface area contributed by atoms with E-state index in [0.29, 0.717) is 23.9 Å². The van der Waals surface area contributed by atoms with Crippen LogP contribution in [0.15, 0.2) is 97.2 Å². The third kappa shape index (κ3) is 51.6. The van der Waals surface area contributed by atoms with Gasteiger partial charge in [-0.1, -0.05) is 215 Å². The van der Waals surface area contributed by atoms with Crippen LogP contribution in [0.25, 0.3) is 0 Å². The number of phosphoric acid groups is 1. The van der Waals surface area contributed by atoms with Crippen LogP contribution in [0.4, 0.5) is 0 Å². The third-order valence-electron chi connectivity index (χ3n) is 12.1. The quantitative estimate of drug-likeness (QED) is 0.0161. The number of carbonyl (C=O) groups is 2. The molecule has 3 unspecified atom stereocenters. The zero-order chi connectivity index (χ0) is 52.2. The molecule has 0 fully saturated rings. The summed E-state index contributed by atoms with van der Waals surface area (Å²) in [5.41, 5.74) is 0. The van der Waals surface area contributed by atoms with Crippen LogP contribution in [-0.4, -0.2) is 69.4 Å². The zero-order valence-electron chi connectivity index (χ0n) is 46.4. The molecule has 0 bridgehead atoms. The van der Waals surface area contributed by atoms with Gasteiger partial charge in [-0.3, -0.25) is 14.2 Å². The first-order valence-electron chi connectivity index (χ1n) is 28.6. The number of rotatable bonds is 50. The molecule has 0 aliphatic rings. The van der Waals surface area contributed by atoms with Crippen LogP contribution in [0.5, 0.6) is 0 Å². The van der Waals surface area contributed by atoms with Crippen molar-refractivity contribution in [1.29, 1.82) is 0 Å². The number of nitrogens with one attached hydrogen (secondary N) is 1. The van der Waals surface area contributed by atoms with Gasteiger partial charge in [-0.2, -0.15) is 0 Å². The molecule has 3 atom stereocenters. The molecule has 0 spiro atoms. The minimum absolute atomic E-state index is 0.0371. The van der Waals surface area contributed by atoms with E-state index >= 15 is 0 Å². The van der Waals surface area contributed by atoms with Crippen molar-refractivity contribution in [1.82, 2.24) is 5.32 Å². The van der Waals surface area contributed by atoms with Gasteiger partial charge >= 0.3 is 5.97 Å². The van der Waals surface area contributed by atoms with Gasteiger partial charge in [0.25, 0.3) is 7.82 Å². The lowest BCUT2D eigenvalue weighted by Gasteiger charge is -2.30. The maximum absolute atomic E-state index is 13.5. The van der Waals surface area contributed by atoms with Crippen molar-refractivity contribution in [3.05, 3.63) is 97.2 Å². The standard InChI is InChI=1S/C61H107N2O7P/c1-7-10-13-16-19-22-25-28-29-30-31-32-33-36-38-41-44-47-50-53-60(64)62-58(57-69-71(66,67)68-56-55-63(4,5)6)59(52-49-46-43-40-37-34-26-23-20-17-14-11-8-2)70-61(65)54-51-48-45-42-39-35-27-24-21-18-15-12-9-3/h12,15,18-19,21-22,24,27-29,31-32,36,38,49,52,58-59H,7-11,13-14,16-17,20,23,25-26,30,33-35,37,39-48,50-51,53-57H2,1-6H3,(H-,62,64,66,67)/b15-12+,21-18+,22-19-,27-24-,29-28-,32-31-,38-36-,52-49-. The van der Waals surface area contributed by atoms with Gasteiger partial charge in [0.2, 0.25) is 5.91 Å². The van der Waals surface area contributed by atoms with E-state index < -0.39 is 26.6 Å². The minimum Gasteiger partial charge on any atom is -0.756 e. The van der Waals surface area contributed by atoms with Crippen LogP contribution in [-0.2, 0) is 27.9 Å². The molecular weight excluding hydrogens is 904 g/mol. The highest BCUT2D eigenvalue weighted by Crippen LogP contribution is 2.38. The SMILES string of the molecule is CC/C=C/C=C/C=C\CCCCCCCC(=O)OC(/C=C\CCCCCCCCCCCCC)C(COP(=O)([O-])OCC[N+](C)(C)C)NC(=O)CCCCC/C=C\C/C=C\C/C=C\C/C=C\CCCCC. The van der Waals surface area contributed by atoms with Gasteiger partial charge in [0.05, 0.1) is 33.8 Å². The highest BCUT2D eigenvalue weighted by atomic mass is 31.2. The summed E-state index contributed by atoms with van der Waals surface area (Å²) in [5, 5.41) is 2.99. The molecule has 0 aliphatic carbocycles. The Bertz CT molecular complexity index is 1540. The molecule has 1 amide bonds. The third-order valence-corrected chi connectivity index (χ3v) is 13.0. The number of hydrogen-bond acceptors (Lipinski definition) is 7. The molecule has 0 aliphatic heterocycles. The molecule has 0 aromatic carbocycles. The number of amides is 1. The van der Waals surface area contributed by atoms with Gasteiger partial charge in [0.1, 0.15) is 19.3 Å². The van der Waals surface area contributed by atoms with Crippen molar-refractivity contribution in [2.45, 2.75) is 238 Å². The molecule has 1 N–H and O–H groups in total. The Balaban J connectivity index is 5.45. The molecule has 9 nitrogen and oxygen atoms in total. The number of allylic oxidation sites excluding steroid dienone is 15. The summed E-state index contributed by atoms with van der Waals surface area (Å²) in [6.45, 7) is 6.62. The Labute approximate surface area is 437 Å². The van der Waals surface area contributed by atoms with E-state index in [1.165, 1.54) is 83.5 Å². The summed E-state index contributed by atoms with van der Waals surface area (Å²) in [6, 6.07) is -0.918. The summed E-state index contributed by atoms with van der Waals surface area (Å²) < 4.78 is 30.2. The van der Waals surface area contributed by atoms with Crippen molar-refractivity contribution in [2.24, 2.45) is 0 Å². The van der Waals surface area contributed by atoms with E-state index in [1.54, 1.807) is 0 Å². The van der Waals surface area contributed by atoms with Gasteiger partial charge in [-0.05, 0) is 96.0 Å². The molecule has 0 heterocycles. The Morgan fingerprint density at radius 2 is 0.958 bits per heavy atom. The number of nitrogens with zero attached hydrogens (tertiary/aromatic N) is 1. The predicted octanol–water partition coefficient (Wildman–Crippen LogP) is 16.6. The minimum atomic E-state index is -4.71. The maximum Gasteiger partial charge on any atom is 0.306 e. The van der Waals surface area contributed by atoms with Crippen molar-refractivity contribution in [3.8, 4) is 0 Å². The van der Waals surface area contributed by atoms with Gasteiger partial charge < -0.3 is 28.5 Å². The summed E-state index contributed by atoms with van der Waals surface area (Å²) in [5.74, 6) is -0.608. The molecule has 0 rings (SSSR count). The van der Waals surface area contributed by atoms with Gasteiger partial charge in [-0.15, -0.1) is 0 Å². The number of ether oxygens (including phenoxy) is 1. The molecule has 0 radical (unpaired) electrons. The van der Waals surface area contributed by atoms with E-state index in [2.05, 4.69) is 105 Å². The van der Waals surface area contributed by atoms with Crippen LogP contribution in [0.2, 0.25) is 0 Å². The number of unbranched alkanes of at least 4 members (excludes halogenated alkanes) is 22. The summed E-state index contributed by atoms with van der Waals surface area (Å²) in [6.07, 6.45) is 66.6. The molecular formula is C61H107N2O7P. The number of hydrogen-bond donors (Lipinski definition) is 1. The lowest BCUT2D eigenvalue weighted by molar-refractivity contribution is -0.870. The monoisotopic (exact) mass is 1010 g/mol. The van der Waals surface area contributed by atoms with E-state index in [0.717, 1.165) is 96.3 Å². The first kappa shape index (κ1) is 67.9. The summed E-state index contributed by atoms with van der Waals surface area (Å²) in [7, 11) is 1.14. The van der Waals surface area contributed by atoms with E-state index in [9.17, 15) is 19.0 Å². The normalized spacial score (nSPS) is 14.5. The van der Waals surface area contributed by atoms with Crippen LogP contribution < -0.4 is 10.2 Å². The second-order valence-corrected chi connectivity index (χ2v) is 21.5. The molecule has 408 valence electrons. The highest BCUT2D eigenvalue weighted by molar-refractivity contribution is 7.45. The fourth-order valence-electron chi connectivity index (χ4n) is 7.62. The summed E-state index contributed by atoms with van der Waals surface area (Å²) in [4.78, 5) is 39.8. The highest BCUT2D eigenvalue weighted by Gasteiger charge is 2.27. The number of quaternary nitrogens is 1. The molecule has 0 aromatic rings. The predicted molar refractivity (Wildman–Crippen MR) is 302 cm³/mol. The second kappa shape index (κ2) is 50.5. The topological polar surface area (TPSA) is 114 Å². The van der Waals surface area contributed by atoms with Gasteiger partial charge in [0.15, 0.2) is 0 Å². The largest absolute Gasteiger partial charge is 0.756 e. The van der Waals surface area contributed by atoms with Crippen molar-refractivity contribution in [3.63, 3.8) is 0 Å². The first-order chi connectivity index (χ1) is 34.4. The molecule has 0 saturated heterocycles. The number of likely N-dealkylation sites (N-methyl/N-ethyl adjacent to an activating group) is 1. The van der Waals surface area contributed by atoms with Gasteiger partial charge in [-0.25, -0.2) is 0 Å². The average Bonchev–Trinajstić information content (AvgIpc) is 3.33. The Hall–Kier alpha value is -3.07. The smallest absolute Gasteiger partial charge is 0.306 e. The molecule has 0 aromatic heterocycles. The van der Waals surface area contributed by atoms with Crippen molar-refractivity contribution < 1.29 is 37.3 Å². The van der Waals surface area contributed by atoms with E-state index in [4.69, 9.17) is 13.8 Å². The molecule has 71 heavy (non-hydrogen) atoms. The zero-order valence-corrected chi connectivity index (χ0v) is 47.3. The number of esters is 1. The molecule has 0 saturated carbocycles. The second-order valence-electron chi connectivity index (χ2n) is 20.1. The van der Waals surface area contributed by atoms with Crippen LogP contribution in [0.3, 0.4) is 0 Å². The Morgan fingerprint density at radius 3 is 1.51 bits per heavy atom. The Morgan fingerprint density at radius 1 is 0.521 bits per heavy atom. The first-order valence-corrected chi connectivity index (χ1v) is 30.0. The summed E-state index contributed by atoms with van der Waals surface area (Å²) >= 11 is 0. The van der Waals surface area contributed by atoms with E-state index in [-0.39, 0.29) is 31.3 Å². The van der Waals surface area contributed by atoms with Crippen molar-refractivity contribution in [2.75, 3.05) is 40.9 Å². The van der Waals surface area contributed by atoms with Crippen molar-refractivity contribution >= 4 is 19.7 Å². The number of carbonyl (C=O) groups excluding carboxylic acids is 2. The lowest BCUT2D eigenvalue weighted by Crippen LogP contribution is -2.47. The fourth-order valence-corrected chi connectivity index (χ4v) is 8.34. The van der Waals surface area contributed by atoms with Crippen LogP contribution >= 0.6 is 7.82 Å². The Kier molecular flexibility index (Phi) is 48.3. The van der Waals surface area contributed by atoms with E-state index in [1.807, 2.05) is 39.4 Å². The maximum atomic E-state index is 13.5. The van der Waals surface area contributed by atoms with Gasteiger partial charge in [0, 0.05) is 12.8 Å². The average molecular weight is 1010 g/mol. The van der Waals surface area contributed by atoms with Crippen LogP contribution in [0, 0.1) is 0 Å². The lowest BCUT2D eigenvalue weighted by atomic mass is 10.0. The number of phosphoric ester groups is 1. The fraction of sp³-hybridized carbons (Fsp3) is 0.705. The molecule has 10 heteroatoms. The van der Waals surface area contributed by atoms with Crippen LogP contribution in [0.1, 0.15) is 226 Å².